The van der Waals surface area contributed by atoms with E-state index < -0.39 is 0 Å². The first kappa shape index (κ1) is 6.91. The molecule has 0 spiro atoms. The minimum atomic E-state index is 0.483. The normalized spacial score (nSPS) is 16.4. The molecular weight excluding hydrogens is 158 g/mol. The highest BCUT2D eigenvalue weighted by Gasteiger charge is 2.14. The average molecular weight is 169 g/mol. The van der Waals surface area contributed by atoms with Gasteiger partial charge in [-0.25, -0.2) is 4.68 Å². The average Bonchev–Trinajstić information content (AvgIpc) is 2.30. The lowest BCUT2D eigenvalue weighted by Crippen LogP contribution is -2.24. The fourth-order valence-corrected chi connectivity index (χ4v) is 2.52. The molecule has 1 heterocycles. The second-order valence-electron chi connectivity index (χ2n) is 2.85. The lowest BCUT2D eigenvalue weighted by atomic mass is 10.0. The van der Waals surface area contributed by atoms with Gasteiger partial charge >= 0.3 is 0 Å². The minimum Gasteiger partial charge on any atom is -0.337 e. The molecule has 60 valence electrons. The van der Waals surface area contributed by atoms with Crippen LogP contribution in [0.15, 0.2) is 0 Å². The van der Waals surface area contributed by atoms with Crippen molar-refractivity contribution in [2.24, 2.45) is 0 Å². The molecule has 3 N–H and O–H groups in total. The quantitative estimate of drug-likeness (QED) is 0.550. The molecule has 0 unspecified atom stereocenters. The Bertz CT molecular complexity index is 323. The monoisotopic (exact) mass is 169 g/mol. The summed E-state index contributed by atoms with van der Waals surface area (Å²) < 4.78 is 1.53. The first-order chi connectivity index (χ1) is 5.29. The first-order valence-corrected chi connectivity index (χ1v) is 4.64. The largest absolute Gasteiger partial charge is 0.337 e. The fraction of sp³-hybridized carbons (Fsp3) is 0.571. The molecule has 4 heteroatoms. The maximum Gasteiger partial charge on any atom is 0.200 e. The molecule has 1 aliphatic rings. The van der Waals surface area contributed by atoms with Crippen molar-refractivity contribution in [2.75, 3.05) is 5.84 Å². The van der Waals surface area contributed by atoms with Gasteiger partial charge in [-0.3, -0.25) is 5.41 Å². The van der Waals surface area contributed by atoms with Gasteiger partial charge in [0.25, 0.3) is 0 Å². The van der Waals surface area contributed by atoms with Gasteiger partial charge in [0.05, 0.1) is 5.69 Å². The summed E-state index contributed by atoms with van der Waals surface area (Å²) in [7, 11) is 0. The number of nitrogens with one attached hydrogen (secondary N) is 1. The fourth-order valence-electron chi connectivity index (χ4n) is 1.51. The van der Waals surface area contributed by atoms with Crippen molar-refractivity contribution < 1.29 is 0 Å². The topological polar surface area (TPSA) is 54.8 Å². The summed E-state index contributed by atoms with van der Waals surface area (Å²) >= 11 is 1.52. The van der Waals surface area contributed by atoms with Gasteiger partial charge in [-0.05, 0) is 25.7 Å². The Kier molecular flexibility index (Phi) is 1.49. The number of nitrogen functional groups attached to an aromatic ring is 1. The summed E-state index contributed by atoms with van der Waals surface area (Å²) in [6, 6.07) is 0. The van der Waals surface area contributed by atoms with Gasteiger partial charge in [-0.2, -0.15) is 0 Å². The highest BCUT2D eigenvalue weighted by atomic mass is 32.1. The Morgan fingerprint density at radius 3 is 2.82 bits per heavy atom. The number of fused-ring (bicyclic) bond motifs is 1. The first-order valence-electron chi connectivity index (χ1n) is 3.82. The summed E-state index contributed by atoms with van der Waals surface area (Å²) in [5.41, 5.74) is 1.19. The Hall–Kier alpha value is -0.770. The van der Waals surface area contributed by atoms with Crippen LogP contribution in [-0.2, 0) is 12.8 Å². The van der Waals surface area contributed by atoms with Crippen LogP contribution >= 0.6 is 11.3 Å². The second-order valence-corrected chi connectivity index (χ2v) is 3.94. The summed E-state index contributed by atoms with van der Waals surface area (Å²) in [5, 5.41) is 7.47. The van der Waals surface area contributed by atoms with Crippen molar-refractivity contribution >= 4 is 11.3 Å². The molecule has 0 aromatic carbocycles. The standard InChI is InChI=1S/C7H11N3S/c8-7-10(9)5-3-1-2-4-6(5)11-7/h8H,1-4,9H2. The van der Waals surface area contributed by atoms with Crippen LogP contribution in [0.25, 0.3) is 0 Å². The molecule has 0 radical (unpaired) electrons. The van der Waals surface area contributed by atoms with Crippen LogP contribution in [0.5, 0.6) is 0 Å². The second kappa shape index (κ2) is 2.37. The molecule has 1 aliphatic carbocycles. The zero-order chi connectivity index (χ0) is 7.84. The highest BCUT2D eigenvalue weighted by Crippen LogP contribution is 2.21. The van der Waals surface area contributed by atoms with Gasteiger partial charge in [0.2, 0.25) is 4.80 Å². The maximum absolute atomic E-state index is 7.47. The van der Waals surface area contributed by atoms with E-state index in [-0.39, 0.29) is 0 Å². The van der Waals surface area contributed by atoms with Crippen molar-refractivity contribution in [3.05, 3.63) is 15.4 Å². The van der Waals surface area contributed by atoms with Crippen LogP contribution in [0, 0.1) is 5.41 Å². The zero-order valence-corrected chi connectivity index (χ0v) is 7.08. The summed E-state index contributed by atoms with van der Waals surface area (Å²) in [6.07, 6.45) is 4.66. The smallest absolute Gasteiger partial charge is 0.200 e. The predicted octanol–water partition coefficient (Wildman–Crippen LogP) is 0.622. The molecule has 11 heavy (non-hydrogen) atoms. The van der Waals surface area contributed by atoms with E-state index in [1.807, 2.05) is 0 Å². The Morgan fingerprint density at radius 2 is 2.09 bits per heavy atom. The van der Waals surface area contributed by atoms with Crippen molar-refractivity contribution in [3.63, 3.8) is 0 Å². The molecule has 0 saturated heterocycles. The molecule has 0 atom stereocenters. The molecule has 0 fully saturated rings. The molecule has 1 aromatic rings. The van der Waals surface area contributed by atoms with Crippen molar-refractivity contribution in [2.45, 2.75) is 25.7 Å². The van der Waals surface area contributed by atoms with E-state index in [0.717, 1.165) is 12.8 Å². The molecule has 2 rings (SSSR count). The third-order valence-corrected chi connectivity index (χ3v) is 3.19. The van der Waals surface area contributed by atoms with Gasteiger partial charge in [0, 0.05) is 4.88 Å². The van der Waals surface area contributed by atoms with Crippen LogP contribution < -0.4 is 10.6 Å². The van der Waals surface area contributed by atoms with E-state index in [2.05, 4.69) is 0 Å². The molecule has 1 aromatic heterocycles. The highest BCUT2D eigenvalue weighted by molar-refractivity contribution is 7.09. The van der Waals surface area contributed by atoms with E-state index >= 15 is 0 Å². The number of aryl methyl sites for hydroxylation is 1. The van der Waals surface area contributed by atoms with E-state index in [1.165, 1.54) is 39.4 Å². The number of thiazole rings is 1. The van der Waals surface area contributed by atoms with Crippen LogP contribution in [0.4, 0.5) is 0 Å². The summed E-state index contributed by atoms with van der Waals surface area (Å²) in [6.45, 7) is 0. The molecule has 0 bridgehead atoms. The molecule has 3 nitrogen and oxygen atoms in total. The van der Waals surface area contributed by atoms with E-state index in [4.69, 9.17) is 11.3 Å². The third-order valence-electron chi connectivity index (χ3n) is 2.12. The van der Waals surface area contributed by atoms with Crippen LogP contribution in [0.3, 0.4) is 0 Å². The lowest BCUT2D eigenvalue weighted by molar-refractivity contribution is 0.654. The third kappa shape index (κ3) is 0.976. The van der Waals surface area contributed by atoms with E-state index in [1.54, 1.807) is 0 Å². The van der Waals surface area contributed by atoms with Crippen molar-refractivity contribution in [3.8, 4) is 0 Å². The number of hydrogen-bond donors (Lipinski definition) is 2. The number of hydrogen-bond acceptors (Lipinski definition) is 3. The number of nitrogens with zero attached hydrogens (tertiary/aromatic N) is 1. The Labute approximate surface area is 69.0 Å². The molecular formula is C7H11N3S. The van der Waals surface area contributed by atoms with Gasteiger partial charge in [0.15, 0.2) is 0 Å². The van der Waals surface area contributed by atoms with Crippen molar-refractivity contribution in [1.82, 2.24) is 4.68 Å². The van der Waals surface area contributed by atoms with Crippen LogP contribution in [-0.4, -0.2) is 4.68 Å². The maximum atomic E-state index is 7.47. The van der Waals surface area contributed by atoms with Gasteiger partial charge in [-0.1, -0.05) is 0 Å². The Morgan fingerprint density at radius 1 is 1.36 bits per heavy atom. The molecule has 0 amide bonds. The van der Waals surface area contributed by atoms with Gasteiger partial charge < -0.3 is 5.84 Å². The minimum absolute atomic E-state index is 0.483. The summed E-state index contributed by atoms with van der Waals surface area (Å²) in [5.74, 6) is 5.66. The molecule has 0 saturated carbocycles. The van der Waals surface area contributed by atoms with Crippen molar-refractivity contribution in [1.29, 1.82) is 5.41 Å². The van der Waals surface area contributed by atoms with E-state index in [9.17, 15) is 0 Å². The molecule has 0 aliphatic heterocycles. The zero-order valence-electron chi connectivity index (χ0n) is 6.26. The lowest BCUT2D eigenvalue weighted by Gasteiger charge is -2.10. The summed E-state index contributed by atoms with van der Waals surface area (Å²) in [4.78, 5) is 1.81. The van der Waals surface area contributed by atoms with Crippen LogP contribution in [0.2, 0.25) is 0 Å². The van der Waals surface area contributed by atoms with Gasteiger partial charge in [-0.15, -0.1) is 11.3 Å². The number of rotatable bonds is 0. The predicted molar refractivity (Wildman–Crippen MR) is 45.0 cm³/mol. The number of aromatic nitrogens is 1. The van der Waals surface area contributed by atoms with Gasteiger partial charge in [0.1, 0.15) is 0 Å². The Balaban J connectivity index is 2.59. The van der Waals surface area contributed by atoms with Crippen LogP contribution in [0.1, 0.15) is 23.4 Å². The SMILES string of the molecule is N=c1sc2c(n1N)CCCC2. The number of nitrogens with two attached hydrogens (primary N) is 1. The van der Waals surface area contributed by atoms with E-state index in [0.29, 0.717) is 4.80 Å².